The number of piperazine rings is 1. The summed E-state index contributed by atoms with van der Waals surface area (Å²) in [4.78, 5) is 13.9. The second-order valence-corrected chi connectivity index (χ2v) is 5.40. The van der Waals surface area contributed by atoms with E-state index in [1.807, 2.05) is 18.9 Å². The molecule has 1 rings (SSSR count). The predicted molar refractivity (Wildman–Crippen MR) is 64.8 cm³/mol. The third-order valence-corrected chi connectivity index (χ3v) is 4.08. The van der Waals surface area contributed by atoms with Crippen LogP contribution in [0.2, 0.25) is 0 Å². The van der Waals surface area contributed by atoms with E-state index in [0.717, 1.165) is 26.2 Å². The first-order chi connectivity index (χ1) is 7.00. The van der Waals surface area contributed by atoms with Gasteiger partial charge in [-0.1, -0.05) is 29.8 Å². The van der Waals surface area contributed by atoms with E-state index in [1.54, 1.807) is 0 Å². The maximum absolute atomic E-state index is 11.7. The molecule has 1 N–H and O–H groups in total. The summed E-state index contributed by atoms with van der Waals surface area (Å²) in [5.74, 6) is 0.381. The Morgan fingerprint density at radius 1 is 1.27 bits per heavy atom. The van der Waals surface area contributed by atoms with E-state index < -0.39 is 0 Å². The molecule has 0 aromatic rings. The van der Waals surface area contributed by atoms with Crippen LogP contribution in [0.3, 0.4) is 0 Å². The van der Waals surface area contributed by atoms with Crippen LogP contribution in [0.5, 0.6) is 0 Å². The molecule has 1 fully saturated rings. The summed E-state index contributed by atoms with van der Waals surface area (Å²) in [6.07, 6.45) is 0. The Labute approximate surface area is 100 Å². The van der Waals surface area contributed by atoms with Crippen LogP contribution in [0.25, 0.3) is 0 Å². The molecular formula is C10H20BrN3O. The van der Waals surface area contributed by atoms with Gasteiger partial charge >= 0.3 is 0 Å². The Kier molecular flexibility index (Phi) is 5.02. The van der Waals surface area contributed by atoms with Gasteiger partial charge < -0.3 is 4.90 Å². The third-order valence-electron chi connectivity index (χ3n) is 2.61. The zero-order chi connectivity index (χ0) is 11.4. The van der Waals surface area contributed by atoms with Crippen molar-refractivity contribution in [2.24, 2.45) is 5.92 Å². The minimum absolute atomic E-state index is 0.0644. The van der Waals surface area contributed by atoms with Crippen molar-refractivity contribution < 1.29 is 4.79 Å². The van der Waals surface area contributed by atoms with Crippen molar-refractivity contribution in [1.82, 2.24) is 15.3 Å². The molecule has 0 saturated carbocycles. The van der Waals surface area contributed by atoms with E-state index in [4.69, 9.17) is 0 Å². The predicted octanol–water partition coefficient (Wildman–Crippen LogP) is 0.684. The van der Waals surface area contributed by atoms with Gasteiger partial charge in [-0.05, 0) is 13.0 Å². The van der Waals surface area contributed by atoms with Crippen LogP contribution in [-0.2, 0) is 4.79 Å². The molecule has 88 valence electrons. The van der Waals surface area contributed by atoms with Crippen molar-refractivity contribution in [3.8, 4) is 0 Å². The minimum atomic E-state index is -0.0999. The maximum atomic E-state index is 11.7. The molecule has 1 saturated heterocycles. The second kappa shape index (κ2) is 5.82. The van der Waals surface area contributed by atoms with Gasteiger partial charge in [0.15, 0.2) is 0 Å². The number of amides is 1. The first kappa shape index (κ1) is 12.9. The van der Waals surface area contributed by atoms with Gasteiger partial charge in [0.1, 0.15) is 0 Å². The summed E-state index contributed by atoms with van der Waals surface area (Å²) in [5, 5.41) is 2.00. The standard InChI is InChI=1S/C10H20BrN3O/c1-8(2)9(11)10(15)12-14-6-4-13(3)5-7-14/h8-9H,4-7H2,1-3H3,(H,12,15). The highest BCUT2D eigenvalue weighted by Gasteiger charge is 2.22. The molecule has 1 unspecified atom stereocenters. The largest absolute Gasteiger partial charge is 0.304 e. The highest BCUT2D eigenvalue weighted by atomic mass is 79.9. The van der Waals surface area contributed by atoms with E-state index in [1.165, 1.54) is 0 Å². The number of likely N-dealkylation sites (N-methyl/N-ethyl adjacent to an activating group) is 1. The highest BCUT2D eigenvalue weighted by molar-refractivity contribution is 9.10. The number of hydrazine groups is 1. The van der Waals surface area contributed by atoms with Gasteiger partial charge in [-0.2, -0.15) is 0 Å². The topological polar surface area (TPSA) is 35.6 Å². The van der Waals surface area contributed by atoms with Crippen LogP contribution in [-0.4, -0.2) is 53.9 Å². The number of hydrogen-bond acceptors (Lipinski definition) is 3. The number of rotatable bonds is 3. The van der Waals surface area contributed by atoms with Gasteiger partial charge in [-0.15, -0.1) is 0 Å². The van der Waals surface area contributed by atoms with Crippen LogP contribution in [0, 0.1) is 5.92 Å². The van der Waals surface area contributed by atoms with Crippen molar-refractivity contribution in [2.75, 3.05) is 33.2 Å². The molecule has 0 radical (unpaired) electrons. The molecule has 4 nitrogen and oxygen atoms in total. The third kappa shape index (κ3) is 4.09. The van der Waals surface area contributed by atoms with Crippen molar-refractivity contribution >= 4 is 21.8 Å². The molecule has 0 spiro atoms. The van der Waals surface area contributed by atoms with Gasteiger partial charge in [0.2, 0.25) is 5.91 Å². The first-order valence-corrected chi connectivity index (χ1v) is 6.30. The molecule has 5 heteroatoms. The summed E-state index contributed by atoms with van der Waals surface area (Å²) in [6, 6.07) is 0. The summed E-state index contributed by atoms with van der Waals surface area (Å²) in [6.45, 7) is 7.88. The second-order valence-electron chi connectivity index (χ2n) is 4.41. The molecule has 1 heterocycles. The molecule has 0 aromatic carbocycles. The van der Waals surface area contributed by atoms with E-state index in [9.17, 15) is 4.79 Å². The van der Waals surface area contributed by atoms with Crippen molar-refractivity contribution in [2.45, 2.75) is 18.7 Å². The van der Waals surface area contributed by atoms with Crippen LogP contribution in [0.4, 0.5) is 0 Å². The van der Waals surface area contributed by atoms with Crippen LogP contribution in [0.15, 0.2) is 0 Å². The smallest absolute Gasteiger partial charge is 0.248 e. The number of hydrogen-bond donors (Lipinski definition) is 1. The minimum Gasteiger partial charge on any atom is -0.304 e. The van der Waals surface area contributed by atoms with Crippen molar-refractivity contribution in [3.05, 3.63) is 0 Å². The molecular weight excluding hydrogens is 258 g/mol. The van der Waals surface area contributed by atoms with Crippen molar-refractivity contribution in [1.29, 1.82) is 0 Å². The SMILES string of the molecule is CC(C)C(Br)C(=O)NN1CCN(C)CC1. The Balaban J connectivity index is 2.32. The molecule has 1 amide bonds. The van der Waals surface area contributed by atoms with Gasteiger partial charge in [0.25, 0.3) is 0 Å². The van der Waals surface area contributed by atoms with Gasteiger partial charge in [0.05, 0.1) is 4.83 Å². The summed E-state index contributed by atoms with van der Waals surface area (Å²) in [7, 11) is 2.10. The average Bonchev–Trinajstić information content (AvgIpc) is 2.20. The van der Waals surface area contributed by atoms with Gasteiger partial charge in [-0.25, -0.2) is 5.01 Å². The zero-order valence-electron chi connectivity index (χ0n) is 9.66. The molecule has 1 atom stereocenters. The molecule has 1 aliphatic heterocycles. The molecule has 0 bridgehead atoms. The first-order valence-electron chi connectivity index (χ1n) is 5.38. The lowest BCUT2D eigenvalue weighted by atomic mass is 10.1. The van der Waals surface area contributed by atoms with Crippen LogP contribution < -0.4 is 5.43 Å². The Morgan fingerprint density at radius 2 is 1.80 bits per heavy atom. The Bertz CT molecular complexity index is 215. The summed E-state index contributed by atoms with van der Waals surface area (Å²) in [5.41, 5.74) is 2.94. The van der Waals surface area contributed by atoms with Gasteiger partial charge in [0, 0.05) is 26.2 Å². The highest BCUT2D eigenvalue weighted by Crippen LogP contribution is 2.12. The van der Waals surface area contributed by atoms with E-state index in [0.29, 0.717) is 5.92 Å². The van der Waals surface area contributed by atoms with Gasteiger partial charge in [-0.3, -0.25) is 10.2 Å². The number of carbonyl (C=O) groups is 1. The van der Waals surface area contributed by atoms with Crippen LogP contribution in [0.1, 0.15) is 13.8 Å². The number of nitrogens with one attached hydrogen (secondary N) is 1. The molecule has 1 aliphatic rings. The Hall–Kier alpha value is -0.130. The fraction of sp³-hybridized carbons (Fsp3) is 0.900. The van der Waals surface area contributed by atoms with Crippen LogP contribution >= 0.6 is 15.9 Å². The van der Waals surface area contributed by atoms with E-state index >= 15 is 0 Å². The molecule has 15 heavy (non-hydrogen) atoms. The fourth-order valence-electron chi connectivity index (χ4n) is 1.44. The lowest BCUT2D eigenvalue weighted by Crippen LogP contribution is -2.54. The quantitative estimate of drug-likeness (QED) is 0.771. The zero-order valence-corrected chi connectivity index (χ0v) is 11.2. The lowest BCUT2D eigenvalue weighted by Gasteiger charge is -2.33. The normalized spacial score (nSPS) is 21.7. The number of alkyl halides is 1. The van der Waals surface area contributed by atoms with E-state index in [2.05, 4.69) is 33.3 Å². The summed E-state index contributed by atoms with van der Waals surface area (Å²) < 4.78 is 0. The average molecular weight is 278 g/mol. The number of halogens is 1. The molecule has 0 aromatic heterocycles. The summed E-state index contributed by atoms with van der Waals surface area (Å²) >= 11 is 3.40. The van der Waals surface area contributed by atoms with Crippen molar-refractivity contribution in [3.63, 3.8) is 0 Å². The molecule has 0 aliphatic carbocycles. The van der Waals surface area contributed by atoms with E-state index in [-0.39, 0.29) is 10.7 Å². The fourth-order valence-corrected chi connectivity index (χ4v) is 1.54. The lowest BCUT2D eigenvalue weighted by molar-refractivity contribution is -0.126. The Morgan fingerprint density at radius 3 is 2.27 bits per heavy atom. The monoisotopic (exact) mass is 277 g/mol. The maximum Gasteiger partial charge on any atom is 0.248 e. The number of carbonyl (C=O) groups excluding carboxylic acids is 1. The number of nitrogens with zero attached hydrogens (tertiary/aromatic N) is 2.